The maximum absolute atomic E-state index is 2.18. The molecule has 0 N–H and O–H groups in total. The van der Waals surface area contributed by atoms with Crippen molar-refractivity contribution in [3.05, 3.63) is 90.0 Å². The van der Waals surface area contributed by atoms with Crippen LogP contribution in [0.1, 0.15) is 11.1 Å². The highest BCUT2D eigenvalue weighted by Gasteiger charge is 1.84. The van der Waals surface area contributed by atoms with E-state index in [4.69, 9.17) is 0 Å². The number of rotatable bonds is 4. The van der Waals surface area contributed by atoms with Gasteiger partial charge in [-0.1, -0.05) is 85.0 Å². The fourth-order valence-corrected chi connectivity index (χ4v) is 1.63. The lowest BCUT2D eigenvalue weighted by Gasteiger charge is -1.93. The van der Waals surface area contributed by atoms with Crippen LogP contribution in [0.25, 0.3) is 6.08 Å². The summed E-state index contributed by atoms with van der Waals surface area (Å²) in [4.78, 5) is 0. The molecule has 2 rings (SSSR count). The van der Waals surface area contributed by atoms with Crippen molar-refractivity contribution in [3.63, 3.8) is 0 Å². The zero-order valence-electron chi connectivity index (χ0n) is 9.79. The first-order valence-electron chi connectivity index (χ1n) is 5.87. The Hall–Kier alpha value is -2.08. The SMILES string of the molecule is C(=C/c1ccccc1)/C=C/Cc1ccccc1. The van der Waals surface area contributed by atoms with Gasteiger partial charge in [0.05, 0.1) is 0 Å². The van der Waals surface area contributed by atoms with Crippen LogP contribution in [0.3, 0.4) is 0 Å². The van der Waals surface area contributed by atoms with Crippen molar-refractivity contribution in [1.82, 2.24) is 0 Å². The maximum atomic E-state index is 2.18. The highest BCUT2D eigenvalue weighted by atomic mass is 13.9. The number of allylic oxidation sites excluding steroid dienone is 3. The standard InChI is InChI=1S/C17H16/c1-4-10-16(11-5-1)14-8-3-9-15-17-12-6-2-7-13-17/h1-14H,15H2/b9-3+,14-8-. The molecule has 0 bridgehead atoms. The van der Waals surface area contributed by atoms with Crippen LogP contribution in [0.2, 0.25) is 0 Å². The minimum atomic E-state index is 0.986. The largest absolute Gasteiger partial charge is 0.0801 e. The van der Waals surface area contributed by atoms with Crippen LogP contribution in [0, 0.1) is 0 Å². The molecule has 17 heavy (non-hydrogen) atoms. The Morgan fingerprint density at radius 3 is 2.06 bits per heavy atom. The first kappa shape index (κ1) is 11.4. The molecule has 0 saturated heterocycles. The molecule has 0 spiro atoms. The van der Waals surface area contributed by atoms with Crippen molar-refractivity contribution >= 4 is 6.08 Å². The molecule has 0 aliphatic carbocycles. The second-order valence-corrected chi connectivity index (χ2v) is 3.89. The van der Waals surface area contributed by atoms with Gasteiger partial charge in [0.2, 0.25) is 0 Å². The summed E-state index contributed by atoms with van der Waals surface area (Å²) in [5.74, 6) is 0. The zero-order chi connectivity index (χ0) is 11.8. The molecule has 0 amide bonds. The molecule has 2 aromatic carbocycles. The summed E-state index contributed by atoms with van der Waals surface area (Å²) in [5, 5.41) is 0. The quantitative estimate of drug-likeness (QED) is 0.665. The average Bonchev–Trinajstić information content (AvgIpc) is 2.41. The molecule has 0 unspecified atom stereocenters. The van der Waals surface area contributed by atoms with Gasteiger partial charge < -0.3 is 0 Å². The van der Waals surface area contributed by atoms with Gasteiger partial charge in [-0.15, -0.1) is 0 Å². The van der Waals surface area contributed by atoms with E-state index in [-0.39, 0.29) is 0 Å². The van der Waals surface area contributed by atoms with Gasteiger partial charge >= 0.3 is 0 Å². The van der Waals surface area contributed by atoms with Crippen LogP contribution in [-0.2, 0) is 6.42 Å². The highest BCUT2D eigenvalue weighted by Crippen LogP contribution is 2.02. The molecule has 0 saturated carbocycles. The fraction of sp³-hybridized carbons (Fsp3) is 0.0588. The van der Waals surface area contributed by atoms with Crippen LogP contribution < -0.4 is 0 Å². The Labute approximate surface area is 103 Å². The predicted molar refractivity (Wildman–Crippen MR) is 74.8 cm³/mol. The molecule has 0 atom stereocenters. The molecule has 2 aromatic rings. The van der Waals surface area contributed by atoms with E-state index in [9.17, 15) is 0 Å². The zero-order valence-corrected chi connectivity index (χ0v) is 9.79. The van der Waals surface area contributed by atoms with Crippen molar-refractivity contribution in [3.8, 4) is 0 Å². The number of hydrogen-bond acceptors (Lipinski definition) is 0. The first-order chi connectivity index (χ1) is 8.45. The molecular weight excluding hydrogens is 204 g/mol. The van der Waals surface area contributed by atoms with Gasteiger partial charge in [0, 0.05) is 0 Å². The van der Waals surface area contributed by atoms with Crippen LogP contribution >= 0.6 is 0 Å². The van der Waals surface area contributed by atoms with E-state index in [0.29, 0.717) is 0 Å². The van der Waals surface area contributed by atoms with Gasteiger partial charge in [-0.2, -0.15) is 0 Å². The van der Waals surface area contributed by atoms with Gasteiger partial charge in [-0.25, -0.2) is 0 Å². The Bertz CT molecular complexity index is 478. The molecule has 0 aliphatic heterocycles. The van der Waals surface area contributed by atoms with Gasteiger partial charge in [-0.05, 0) is 17.5 Å². The highest BCUT2D eigenvalue weighted by molar-refractivity contribution is 5.50. The summed E-state index contributed by atoms with van der Waals surface area (Å²) in [5.41, 5.74) is 2.58. The molecule has 0 nitrogen and oxygen atoms in total. The van der Waals surface area contributed by atoms with Gasteiger partial charge in [0.1, 0.15) is 0 Å². The van der Waals surface area contributed by atoms with Gasteiger partial charge in [0.25, 0.3) is 0 Å². The summed E-state index contributed by atoms with van der Waals surface area (Å²) in [7, 11) is 0. The third-order valence-electron chi connectivity index (χ3n) is 2.53. The Kier molecular flexibility index (Phi) is 4.36. The molecule has 0 heterocycles. The number of benzene rings is 2. The van der Waals surface area contributed by atoms with E-state index in [1.807, 2.05) is 24.3 Å². The maximum Gasteiger partial charge on any atom is -0.00943 e. The van der Waals surface area contributed by atoms with E-state index in [1.54, 1.807) is 0 Å². The normalized spacial score (nSPS) is 11.3. The van der Waals surface area contributed by atoms with Crippen molar-refractivity contribution in [2.75, 3.05) is 0 Å². The molecule has 0 fully saturated rings. The Morgan fingerprint density at radius 2 is 1.35 bits per heavy atom. The molecule has 0 radical (unpaired) electrons. The van der Waals surface area contributed by atoms with E-state index < -0.39 is 0 Å². The lowest BCUT2D eigenvalue weighted by atomic mass is 10.1. The second kappa shape index (κ2) is 6.49. The summed E-state index contributed by atoms with van der Waals surface area (Å²) in [6.07, 6.45) is 9.45. The van der Waals surface area contributed by atoms with Gasteiger partial charge in [0.15, 0.2) is 0 Å². The predicted octanol–water partition coefficient (Wildman–Crippen LogP) is 4.50. The summed E-state index contributed by atoms with van der Waals surface area (Å²) < 4.78 is 0. The number of hydrogen-bond donors (Lipinski definition) is 0. The minimum absolute atomic E-state index is 0.986. The van der Waals surface area contributed by atoms with Crippen LogP contribution in [0.5, 0.6) is 0 Å². The van der Waals surface area contributed by atoms with Gasteiger partial charge in [-0.3, -0.25) is 0 Å². The third-order valence-corrected chi connectivity index (χ3v) is 2.53. The summed E-state index contributed by atoms with van der Waals surface area (Å²) in [6.45, 7) is 0. The van der Waals surface area contributed by atoms with Crippen LogP contribution in [0.15, 0.2) is 78.9 Å². The second-order valence-electron chi connectivity index (χ2n) is 3.89. The Balaban J connectivity index is 1.85. The minimum Gasteiger partial charge on any atom is -0.0801 e. The first-order valence-corrected chi connectivity index (χ1v) is 5.87. The smallest absolute Gasteiger partial charge is 0.00943 e. The fourth-order valence-electron chi connectivity index (χ4n) is 1.63. The molecular formula is C17H16. The lowest BCUT2D eigenvalue weighted by molar-refractivity contribution is 1.27. The molecule has 0 aromatic heterocycles. The van der Waals surface area contributed by atoms with E-state index >= 15 is 0 Å². The van der Waals surface area contributed by atoms with E-state index in [2.05, 4.69) is 60.7 Å². The molecule has 0 heteroatoms. The van der Waals surface area contributed by atoms with Crippen LogP contribution in [-0.4, -0.2) is 0 Å². The van der Waals surface area contributed by atoms with Crippen molar-refractivity contribution in [2.24, 2.45) is 0 Å². The van der Waals surface area contributed by atoms with E-state index in [0.717, 1.165) is 6.42 Å². The molecule has 84 valence electrons. The van der Waals surface area contributed by atoms with Crippen molar-refractivity contribution < 1.29 is 0 Å². The van der Waals surface area contributed by atoms with E-state index in [1.165, 1.54) is 11.1 Å². The van der Waals surface area contributed by atoms with Crippen LogP contribution in [0.4, 0.5) is 0 Å². The van der Waals surface area contributed by atoms with Crippen molar-refractivity contribution in [2.45, 2.75) is 6.42 Å². The summed E-state index contributed by atoms with van der Waals surface area (Å²) in [6, 6.07) is 20.8. The lowest BCUT2D eigenvalue weighted by Crippen LogP contribution is -1.77. The average molecular weight is 220 g/mol. The summed E-state index contributed by atoms with van der Waals surface area (Å²) >= 11 is 0. The van der Waals surface area contributed by atoms with Crippen molar-refractivity contribution in [1.29, 1.82) is 0 Å². The monoisotopic (exact) mass is 220 g/mol. The Morgan fingerprint density at radius 1 is 0.706 bits per heavy atom. The topological polar surface area (TPSA) is 0 Å². The molecule has 0 aliphatic rings. The third kappa shape index (κ3) is 4.12.